The Morgan fingerprint density at radius 2 is 2.20 bits per heavy atom. The highest BCUT2D eigenvalue weighted by Crippen LogP contribution is 2.19. The summed E-state index contributed by atoms with van der Waals surface area (Å²) in [5.74, 6) is 0.809. The molecule has 0 aliphatic carbocycles. The first-order valence-electron chi connectivity index (χ1n) is 6.25. The molecule has 3 aromatic rings. The zero-order chi connectivity index (χ0) is 14.1. The van der Waals surface area contributed by atoms with Gasteiger partial charge in [-0.15, -0.1) is 11.3 Å². The maximum absolute atomic E-state index is 12.4. The minimum atomic E-state index is 0.00536. The molecule has 0 radical (unpaired) electrons. The molecule has 102 valence electrons. The number of aromatic nitrogens is 3. The molecule has 0 unspecified atom stereocenters. The number of anilines is 1. The molecule has 3 heterocycles. The van der Waals surface area contributed by atoms with Crippen LogP contribution in [0.5, 0.6) is 0 Å². The Morgan fingerprint density at radius 3 is 2.90 bits per heavy atom. The smallest absolute Gasteiger partial charge is 0.271 e. The van der Waals surface area contributed by atoms with E-state index in [1.54, 1.807) is 17.1 Å². The first kappa shape index (κ1) is 12.8. The number of hydrogen-bond donors (Lipinski definition) is 1. The van der Waals surface area contributed by atoms with E-state index in [1.165, 1.54) is 11.3 Å². The quantitative estimate of drug-likeness (QED) is 0.802. The van der Waals surface area contributed by atoms with E-state index < -0.39 is 0 Å². The summed E-state index contributed by atoms with van der Waals surface area (Å²) in [6.45, 7) is 2.45. The van der Waals surface area contributed by atoms with Crippen molar-refractivity contribution in [3.05, 3.63) is 51.5 Å². The van der Waals surface area contributed by atoms with Gasteiger partial charge < -0.3 is 5.32 Å². The van der Waals surface area contributed by atoms with E-state index in [0.717, 1.165) is 22.5 Å². The maximum Gasteiger partial charge on any atom is 0.271 e. The van der Waals surface area contributed by atoms with Crippen molar-refractivity contribution in [2.45, 2.75) is 13.5 Å². The maximum atomic E-state index is 12.4. The lowest BCUT2D eigenvalue weighted by molar-refractivity contribution is 0.747. The summed E-state index contributed by atoms with van der Waals surface area (Å²) in [5.41, 5.74) is 2.83. The lowest BCUT2D eigenvalue weighted by Crippen LogP contribution is -2.20. The second-order valence-electron chi connectivity index (χ2n) is 4.58. The van der Waals surface area contributed by atoms with E-state index in [9.17, 15) is 4.79 Å². The molecular weight excluding hydrogens is 272 g/mol. The number of fused-ring (bicyclic) bond motifs is 1. The molecule has 0 aliphatic rings. The van der Waals surface area contributed by atoms with Crippen molar-refractivity contribution in [2.75, 3.05) is 12.4 Å². The highest BCUT2D eigenvalue weighted by molar-refractivity contribution is 7.17. The Balaban J connectivity index is 1.97. The van der Waals surface area contributed by atoms with Gasteiger partial charge in [0.2, 0.25) is 0 Å². The third-order valence-corrected chi connectivity index (χ3v) is 4.23. The number of hydrogen-bond acceptors (Lipinski definition) is 5. The third-order valence-electron chi connectivity index (χ3n) is 3.16. The molecule has 0 bridgehead atoms. The van der Waals surface area contributed by atoms with Gasteiger partial charge >= 0.3 is 0 Å². The molecule has 0 aliphatic heterocycles. The van der Waals surface area contributed by atoms with Gasteiger partial charge in [0.1, 0.15) is 10.5 Å². The van der Waals surface area contributed by atoms with Crippen molar-refractivity contribution in [1.82, 2.24) is 14.5 Å². The van der Waals surface area contributed by atoms with E-state index in [1.807, 2.05) is 31.5 Å². The topological polar surface area (TPSA) is 59.8 Å². The van der Waals surface area contributed by atoms with Crippen LogP contribution in [-0.2, 0) is 6.54 Å². The number of nitrogens with zero attached hydrogens (tertiary/aromatic N) is 3. The lowest BCUT2D eigenvalue weighted by atomic mass is 10.2. The van der Waals surface area contributed by atoms with Crippen LogP contribution in [0.25, 0.3) is 10.2 Å². The van der Waals surface area contributed by atoms with Crippen molar-refractivity contribution in [2.24, 2.45) is 0 Å². The zero-order valence-corrected chi connectivity index (χ0v) is 12.1. The molecule has 0 spiro atoms. The third kappa shape index (κ3) is 2.18. The fourth-order valence-corrected chi connectivity index (χ4v) is 2.99. The van der Waals surface area contributed by atoms with E-state index in [2.05, 4.69) is 15.3 Å². The average molecular weight is 286 g/mol. The average Bonchev–Trinajstić information content (AvgIpc) is 2.85. The van der Waals surface area contributed by atoms with Crippen LogP contribution in [0.4, 0.5) is 5.82 Å². The van der Waals surface area contributed by atoms with Crippen molar-refractivity contribution >= 4 is 27.4 Å². The van der Waals surface area contributed by atoms with E-state index in [-0.39, 0.29) is 5.56 Å². The molecule has 6 heteroatoms. The second-order valence-corrected chi connectivity index (χ2v) is 5.46. The van der Waals surface area contributed by atoms with Gasteiger partial charge in [0.15, 0.2) is 0 Å². The second kappa shape index (κ2) is 5.05. The molecule has 0 aromatic carbocycles. The molecule has 0 atom stereocenters. The van der Waals surface area contributed by atoms with Crippen LogP contribution >= 0.6 is 11.3 Å². The number of nitrogens with one attached hydrogen (secondary N) is 1. The van der Waals surface area contributed by atoms with Crippen LogP contribution in [0, 0.1) is 6.92 Å². The molecule has 0 fully saturated rings. The Labute approximate surface area is 119 Å². The van der Waals surface area contributed by atoms with E-state index >= 15 is 0 Å². The van der Waals surface area contributed by atoms with Gasteiger partial charge in [0.25, 0.3) is 5.56 Å². The monoisotopic (exact) mass is 286 g/mol. The van der Waals surface area contributed by atoms with Crippen LogP contribution in [-0.4, -0.2) is 21.6 Å². The number of pyridine rings is 1. The Hall–Kier alpha value is -2.21. The summed E-state index contributed by atoms with van der Waals surface area (Å²) in [4.78, 5) is 21.0. The molecule has 0 amide bonds. The highest BCUT2D eigenvalue weighted by atomic mass is 32.1. The summed E-state index contributed by atoms with van der Waals surface area (Å²) < 4.78 is 2.33. The minimum absolute atomic E-state index is 0.00536. The molecular formula is C14H14N4OS. The largest absolute Gasteiger partial charge is 0.373 e. The molecule has 20 heavy (non-hydrogen) atoms. The predicted octanol–water partition coefficient (Wildman–Crippen LogP) is 2.25. The molecule has 1 N–H and O–H groups in total. The fourth-order valence-electron chi connectivity index (χ4n) is 2.04. The first-order chi connectivity index (χ1) is 9.69. The van der Waals surface area contributed by atoms with Crippen molar-refractivity contribution in [1.29, 1.82) is 0 Å². The first-order valence-corrected chi connectivity index (χ1v) is 7.13. The van der Waals surface area contributed by atoms with Crippen LogP contribution in [0.1, 0.15) is 11.1 Å². The van der Waals surface area contributed by atoms with E-state index in [0.29, 0.717) is 11.2 Å². The van der Waals surface area contributed by atoms with Crippen LogP contribution in [0.15, 0.2) is 34.8 Å². The fraction of sp³-hybridized carbons (Fsp3) is 0.214. The van der Waals surface area contributed by atoms with Gasteiger partial charge in [-0.3, -0.25) is 9.36 Å². The van der Waals surface area contributed by atoms with Crippen LogP contribution < -0.4 is 10.9 Å². The van der Waals surface area contributed by atoms with Crippen molar-refractivity contribution < 1.29 is 0 Å². The lowest BCUT2D eigenvalue weighted by Gasteiger charge is -2.06. The summed E-state index contributed by atoms with van der Waals surface area (Å²) in [6.07, 6.45) is 3.37. The van der Waals surface area contributed by atoms with Gasteiger partial charge in [-0.05, 0) is 29.5 Å². The minimum Gasteiger partial charge on any atom is -0.373 e. The van der Waals surface area contributed by atoms with Gasteiger partial charge in [0.05, 0.1) is 18.4 Å². The van der Waals surface area contributed by atoms with Gasteiger partial charge in [-0.2, -0.15) is 0 Å². The highest BCUT2D eigenvalue weighted by Gasteiger charge is 2.08. The summed E-state index contributed by atoms with van der Waals surface area (Å²) >= 11 is 1.45. The van der Waals surface area contributed by atoms with Crippen LogP contribution in [0.3, 0.4) is 0 Å². The van der Waals surface area contributed by atoms with Crippen molar-refractivity contribution in [3.63, 3.8) is 0 Å². The summed E-state index contributed by atoms with van der Waals surface area (Å²) in [5, 5.41) is 4.93. The van der Waals surface area contributed by atoms with Gasteiger partial charge in [-0.25, -0.2) is 9.97 Å². The molecule has 0 saturated heterocycles. The van der Waals surface area contributed by atoms with Crippen LogP contribution in [0.2, 0.25) is 0 Å². The Morgan fingerprint density at radius 1 is 1.35 bits per heavy atom. The number of thiophene rings is 1. The number of aryl methyl sites for hydroxylation is 1. The molecule has 3 rings (SSSR count). The Bertz CT molecular complexity index is 804. The summed E-state index contributed by atoms with van der Waals surface area (Å²) in [7, 11) is 1.82. The molecule has 0 saturated carbocycles. The number of rotatable bonds is 3. The van der Waals surface area contributed by atoms with Gasteiger partial charge in [0, 0.05) is 13.2 Å². The normalized spacial score (nSPS) is 10.9. The standard InChI is InChI=1S/C14H14N4OS/c1-9-7-20-13-12(9)17-8-18(14(13)19)6-10-3-4-11(15-2)16-5-10/h3-5,7-8H,6H2,1-2H3,(H,15,16). The predicted molar refractivity (Wildman–Crippen MR) is 81.5 cm³/mol. The van der Waals surface area contributed by atoms with Crippen molar-refractivity contribution in [3.8, 4) is 0 Å². The molecule has 3 aromatic heterocycles. The summed E-state index contributed by atoms with van der Waals surface area (Å²) in [6, 6.07) is 3.84. The zero-order valence-electron chi connectivity index (χ0n) is 11.3. The van der Waals surface area contributed by atoms with Gasteiger partial charge in [-0.1, -0.05) is 6.07 Å². The Kier molecular flexibility index (Phi) is 3.23. The SMILES string of the molecule is CNc1ccc(Cn2cnc3c(C)csc3c2=O)cn1. The molecule has 5 nitrogen and oxygen atoms in total. The van der Waals surface area contributed by atoms with E-state index in [4.69, 9.17) is 0 Å².